The lowest BCUT2D eigenvalue weighted by Crippen LogP contribution is -2.59. The van der Waals surface area contributed by atoms with Gasteiger partial charge in [-0.3, -0.25) is 14.4 Å². The molecule has 0 saturated carbocycles. The number of rotatable bonds is 11. The molecule has 6 N–H and O–H groups in total. The van der Waals surface area contributed by atoms with Crippen LogP contribution in [0.15, 0.2) is 0 Å². The molecular weight excluding hydrogens is 404 g/mol. The number of hydrogen-bond donors (Lipinski definition) is 5. The standard InChI is InChI=1S/C21H38N4O6/c1-6-12(4)16(23-18(27)14(22)10-11(2)3)20(29)25-9-7-8-15(25)19(28)24-17(13(5)26)21(30)31/h11-17,26H,6-10,22H2,1-5H3,(H,23,27)(H,24,28)(H,30,31). The predicted octanol–water partition coefficient (Wildman–Crippen LogP) is -0.168. The molecule has 10 heteroatoms. The zero-order valence-electron chi connectivity index (χ0n) is 19.1. The molecule has 0 aliphatic carbocycles. The molecule has 0 spiro atoms. The number of carboxylic acids is 1. The quantitative estimate of drug-likeness (QED) is 0.297. The number of likely N-dealkylation sites (tertiary alicyclic amines) is 1. The van der Waals surface area contributed by atoms with Crippen molar-refractivity contribution in [1.82, 2.24) is 15.5 Å². The Bertz CT molecular complexity index is 654. The molecule has 0 aromatic carbocycles. The Morgan fingerprint density at radius 2 is 1.71 bits per heavy atom. The first kappa shape index (κ1) is 26.8. The molecule has 10 nitrogen and oxygen atoms in total. The number of amides is 3. The highest BCUT2D eigenvalue weighted by molar-refractivity contribution is 5.94. The van der Waals surface area contributed by atoms with Crippen molar-refractivity contribution in [3.8, 4) is 0 Å². The lowest BCUT2D eigenvalue weighted by molar-refractivity contribution is -0.147. The second-order valence-corrected chi connectivity index (χ2v) is 8.86. The molecule has 6 unspecified atom stereocenters. The number of nitrogens with one attached hydrogen (secondary N) is 2. The number of hydrogen-bond acceptors (Lipinski definition) is 6. The van der Waals surface area contributed by atoms with Gasteiger partial charge in [-0.25, -0.2) is 4.79 Å². The topological polar surface area (TPSA) is 162 Å². The Balaban J connectivity index is 2.98. The smallest absolute Gasteiger partial charge is 0.328 e. The van der Waals surface area contributed by atoms with Crippen LogP contribution in [0.25, 0.3) is 0 Å². The van der Waals surface area contributed by atoms with E-state index in [1.807, 2.05) is 27.7 Å². The number of nitrogens with two attached hydrogens (primary N) is 1. The fraction of sp³-hybridized carbons (Fsp3) is 0.810. The average molecular weight is 443 g/mol. The Hall–Kier alpha value is -2.20. The van der Waals surface area contributed by atoms with Gasteiger partial charge in [0.15, 0.2) is 6.04 Å². The van der Waals surface area contributed by atoms with Crippen LogP contribution in [0, 0.1) is 11.8 Å². The first-order valence-electron chi connectivity index (χ1n) is 11.0. The summed E-state index contributed by atoms with van der Waals surface area (Å²) in [5.41, 5.74) is 5.97. The minimum atomic E-state index is -1.47. The third kappa shape index (κ3) is 7.46. The van der Waals surface area contributed by atoms with Crippen LogP contribution in [0.4, 0.5) is 0 Å². The molecule has 6 atom stereocenters. The van der Waals surface area contributed by atoms with Crippen molar-refractivity contribution >= 4 is 23.7 Å². The highest BCUT2D eigenvalue weighted by Crippen LogP contribution is 2.22. The third-order valence-corrected chi connectivity index (χ3v) is 5.72. The summed E-state index contributed by atoms with van der Waals surface area (Å²) in [7, 11) is 0. The molecule has 0 aromatic heterocycles. The summed E-state index contributed by atoms with van der Waals surface area (Å²) in [6, 6.07) is -3.90. The van der Waals surface area contributed by atoms with Gasteiger partial charge in [0.25, 0.3) is 0 Å². The molecule has 1 fully saturated rings. The van der Waals surface area contributed by atoms with Gasteiger partial charge in [0.05, 0.1) is 12.1 Å². The zero-order chi connectivity index (χ0) is 23.9. The van der Waals surface area contributed by atoms with Crippen molar-refractivity contribution in [3.05, 3.63) is 0 Å². The molecule has 0 aromatic rings. The van der Waals surface area contributed by atoms with E-state index in [4.69, 9.17) is 5.73 Å². The molecule has 1 aliphatic heterocycles. The van der Waals surface area contributed by atoms with Gasteiger partial charge in [-0.05, 0) is 38.0 Å². The van der Waals surface area contributed by atoms with Crippen molar-refractivity contribution < 1.29 is 29.4 Å². The molecule has 1 heterocycles. The van der Waals surface area contributed by atoms with Crippen molar-refractivity contribution in [2.24, 2.45) is 17.6 Å². The molecule has 0 bridgehead atoms. The van der Waals surface area contributed by atoms with Crippen LogP contribution in [0.2, 0.25) is 0 Å². The van der Waals surface area contributed by atoms with E-state index in [1.165, 1.54) is 11.8 Å². The van der Waals surface area contributed by atoms with Crippen LogP contribution in [-0.2, 0) is 19.2 Å². The van der Waals surface area contributed by atoms with Crippen molar-refractivity contribution in [1.29, 1.82) is 0 Å². The summed E-state index contributed by atoms with van der Waals surface area (Å²) >= 11 is 0. The van der Waals surface area contributed by atoms with Crippen LogP contribution in [-0.4, -0.2) is 75.6 Å². The molecule has 1 saturated heterocycles. The number of aliphatic carboxylic acids is 1. The summed E-state index contributed by atoms with van der Waals surface area (Å²) in [4.78, 5) is 51.3. The van der Waals surface area contributed by atoms with E-state index >= 15 is 0 Å². The van der Waals surface area contributed by atoms with Gasteiger partial charge in [0.1, 0.15) is 12.1 Å². The van der Waals surface area contributed by atoms with Crippen LogP contribution in [0.3, 0.4) is 0 Å². The highest BCUT2D eigenvalue weighted by Gasteiger charge is 2.40. The van der Waals surface area contributed by atoms with Crippen LogP contribution in [0.1, 0.15) is 60.3 Å². The Morgan fingerprint density at radius 3 is 2.19 bits per heavy atom. The monoisotopic (exact) mass is 442 g/mol. The summed E-state index contributed by atoms with van der Waals surface area (Å²) in [5.74, 6) is -2.75. The zero-order valence-corrected chi connectivity index (χ0v) is 19.1. The van der Waals surface area contributed by atoms with Crippen molar-refractivity contribution in [2.75, 3.05) is 6.54 Å². The van der Waals surface area contributed by atoms with Gasteiger partial charge in [0, 0.05) is 6.54 Å². The molecule has 0 radical (unpaired) electrons. The number of carbonyl (C=O) groups is 4. The van der Waals surface area contributed by atoms with Gasteiger partial charge in [0.2, 0.25) is 17.7 Å². The average Bonchev–Trinajstić information content (AvgIpc) is 3.17. The molecule has 1 rings (SSSR count). The maximum atomic E-state index is 13.3. The van der Waals surface area contributed by atoms with Crippen LogP contribution < -0.4 is 16.4 Å². The Labute approximate surface area is 183 Å². The predicted molar refractivity (Wildman–Crippen MR) is 115 cm³/mol. The Kier molecular flexibility index (Phi) is 10.4. The van der Waals surface area contributed by atoms with E-state index in [0.29, 0.717) is 32.2 Å². The van der Waals surface area contributed by atoms with E-state index < -0.39 is 48.1 Å². The number of carboxylic acid groups (broad SMARTS) is 1. The largest absolute Gasteiger partial charge is 0.480 e. The first-order chi connectivity index (χ1) is 14.4. The third-order valence-electron chi connectivity index (χ3n) is 5.72. The van der Waals surface area contributed by atoms with Gasteiger partial charge < -0.3 is 31.5 Å². The molecule has 31 heavy (non-hydrogen) atoms. The van der Waals surface area contributed by atoms with E-state index in [2.05, 4.69) is 10.6 Å². The van der Waals surface area contributed by atoms with E-state index in [-0.39, 0.29) is 17.7 Å². The van der Waals surface area contributed by atoms with E-state index in [9.17, 15) is 29.4 Å². The highest BCUT2D eigenvalue weighted by atomic mass is 16.4. The normalized spacial score (nSPS) is 21.2. The molecule has 1 aliphatic rings. The summed E-state index contributed by atoms with van der Waals surface area (Å²) in [6.07, 6.45) is 0.769. The second kappa shape index (κ2) is 12.0. The lowest BCUT2D eigenvalue weighted by atomic mass is 9.96. The van der Waals surface area contributed by atoms with Gasteiger partial charge in [-0.1, -0.05) is 34.1 Å². The molecule has 178 valence electrons. The molecular formula is C21H38N4O6. The Morgan fingerprint density at radius 1 is 1.10 bits per heavy atom. The minimum absolute atomic E-state index is 0.184. The van der Waals surface area contributed by atoms with E-state index in [0.717, 1.165) is 0 Å². The summed E-state index contributed by atoms with van der Waals surface area (Å²) in [5, 5.41) is 23.9. The number of carbonyl (C=O) groups excluding carboxylic acids is 3. The van der Waals surface area contributed by atoms with Crippen molar-refractivity contribution in [3.63, 3.8) is 0 Å². The lowest BCUT2D eigenvalue weighted by Gasteiger charge is -2.32. The number of aliphatic hydroxyl groups is 1. The first-order valence-corrected chi connectivity index (χ1v) is 11.0. The van der Waals surface area contributed by atoms with Crippen molar-refractivity contribution in [2.45, 2.75) is 90.6 Å². The fourth-order valence-corrected chi connectivity index (χ4v) is 3.68. The van der Waals surface area contributed by atoms with Gasteiger partial charge in [-0.15, -0.1) is 0 Å². The number of nitrogens with zero attached hydrogens (tertiary/aromatic N) is 1. The second-order valence-electron chi connectivity index (χ2n) is 8.86. The fourth-order valence-electron chi connectivity index (χ4n) is 3.68. The number of aliphatic hydroxyl groups excluding tert-OH is 1. The van der Waals surface area contributed by atoms with Gasteiger partial charge >= 0.3 is 5.97 Å². The maximum absolute atomic E-state index is 13.3. The maximum Gasteiger partial charge on any atom is 0.328 e. The van der Waals surface area contributed by atoms with E-state index in [1.54, 1.807) is 0 Å². The minimum Gasteiger partial charge on any atom is -0.480 e. The SMILES string of the molecule is CCC(C)C(NC(=O)C(N)CC(C)C)C(=O)N1CCCC1C(=O)NC(C(=O)O)C(C)O. The summed E-state index contributed by atoms with van der Waals surface area (Å²) < 4.78 is 0. The molecule has 3 amide bonds. The summed E-state index contributed by atoms with van der Waals surface area (Å²) in [6.45, 7) is 9.25. The van der Waals surface area contributed by atoms with Crippen LogP contribution >= 0.6 is 0 Å². The van der Waals surface area contributed by atoms with Gasteiger partial charge in [-0.2, -0.15) is 0 Å². The van der Waals surface area contributed by atoms with Crippen LogP contribution in [0.5, 0.6) is 0 Å².